The maximum absolute atomic E-state index is 11.6. The summed E-state index contributed by atoms with van der Waals surface area (Å²) in [6, 6.07) is 4.78. The van der Waals surface area contributed by atoms with Crippen LogP contribution in [0.25, 0.3) is 5.52 Å². The molecule has 7 nitrogen and oxygen atoms in total. The van der Waals surface area contributed by atoms with E-state index in [1.807, 2.05) is 0 Å². The van der Waals surface area contributed by atoms with E-state index in [9.17, 15) is 18.8 Å². The summed E-state index contributed by atoms with van der Waals surface area (Å²) < 4.78 is 24.3. The number of hydroxylamine groups is 2. The van der Waals surface area contributed by atoms with Gasteiger partial charge in [0.2, 0.25) is 20.6 Å². The molecule has 2 aromatic heterocycles. The normalized spacial score (nSPS) is 16.0. The Balaban J connectivity index is 2.94. The summed E-state index contributed by atoms with van der Waals surface area (Å²) >= 11 is 0. The van der Waals surface area contributed by atoms with Crippen molar-refractivity contribution in [1.29, 1.82) is 0 Å². The van der Waals surface area contributed by atoms with Crippen molar-refractivity contribution in [2.75, 3.05) is 13.3 Å². The van der Waals surface area contributed by atoms with E-state index < -0.39 is 19.7 Å². The van der Waals surface area contributed by atoms with Gasteiger partial charge in [-0.05, 0) is 12.1 Å². The Labute approximate surface area is 97.6 Å². The summed E-state index contributed by atoms with van der Waals surface area (Å²) in [4.78, 5) is -1.84. The molecule has 0 aliphatic carbocycles. The Morgan fingerprint density at radius 2 is 2.12 bits per heavy atom. The van der Waals surface area contributed by atoms with Crippen LogP contribution >= 0.6 is 0 Å². The molecule has 0 aromatic carbocycles. The van der Waals surface area contributed by atoms with Gasteiger partial charge in [0.15, 0.2) is 0 Å². The number of nitrogens with zero attached hydrogens (tertiary/aromatic N) is 3. The van der Waals surface area contributed by atoms with Gasteiger partial charge in [-0.25, -0.2) is 18.1 Å². The molecule has 92 valence electrons. The first-order valence-electron chi connectivity index (χ1n) is 4.69. The lowest BCUT2D eigenvalue weighted by molar-refractivity contribution is -0.00549. The minimum atomic E-state index is -3.69. The molecule has 0 amide bonds. The first-order valence-corrected chi connectivity index (χ1v) is 6.58. The monoisotopic (exact) mass is 257 g/mol. The van der Waals surface area contributed by atoms with Crippen molar-refractivity contribution in [1.82, 2.24) is 14.4 Å². The number of sulfone groups is 1. The fraction of sp³-hybridized carbons (Fsp3) is 0.222. The molecule has 0 bridgehead atoms. The molecular weight excluding hydrogens is 246 g/mol. The van der Waals surface area contributed by atoms with Crippen molar-refractivity contribution in [3.05, 3.63) is 29.6 Å². The van der Waals surface area contributed by atoms with Crippen molar-refractivity contribution in [3.8, 4) is 0 Å². The highest BCUT2D eigenvalue weighted by molar-refractivity contribution is 7.90. The maximum Gasteiger partial charge on any atom is 0.241 e. The Morgan fingerprint density at radius 3 is 2.65 bits per heavy atom. The minimum absolute atomic E-state index is 0.257. The van der Waals surface area contributed by atoms with E-state index in [1.165, 1.54) is 16.8 Å². The van der Waals surface area contributed by atoms with Crippen LogP contribution in [0.15, 0.2) is 29.4 Å². The smallest absolute Gasteiger partial charge is 0.241 e. The molecule has 0 saturated heterocycles. The number of hydrogen-bond donors (Lipinski definition) is 1. The van der Waals surface area contributed by atoms with E-state index in [0.29, 0.717) is 0 Å². The molecule has 1 unspecified atom stereocenters. The summed E-state index contributed by atoms with van der Waals surface area (Å²) in [5.41, 5.74) is -0.0268. The Bertz CT molecular complexity index is 669. The molecule has 0 spiro atoms. The molecule has 17 heavy (non-hydrogen) atoms. The lowest BCUT2D eigenvalue weighted by Crippen LogP contribution is -2.34. The van der Waals surface area contributed by atoms with Crippen LogP contribution in [-0.4, -0.2) is 36.5 Å². The average molecular weight is 257 g/mol. The lowest BCUT2D eigenvalue weighted by atomic mass is 10.3. The van der Waals surface area contributed by atoms with Crippen LogP contribution in [0.3, 0.4) is 0 Å². The third-order valence-electron chi connectivity index (χ3n) is 2.25. The number of aromatic nitrogens is 2. The number of rotatable bonds is 2. The van der Waals surface area contributed by atoms with Crippen molar-refractivity contribution in [3.63, 3.8) is 0 Å². The summed E-state index contributed by atoms with van der Waals surface area (Å²) in [7, 11) is -2.76. The second-order valence-electron chi connectivity index (χ2n) is 3.84. The van der Waals surface area contributed by atoms with Gasteiger partial charge in [-0.2, -0.15) is 4.81 Å². The van der Waals surface area contributed by atoms with Gasteiger partial charge in [-0.15, -0.1) is 5.10 Å². The fourth-order valence-electron chi connectivity index (χ4n) is 1.60. The van der Waals surface area contributed by atoms with Crippen LogP contribution < -0.4 is 4.81 Å². The van der Waals surface area contributed by atoms with E-state index in [1.54, 1.807) is 12.1 Å². The predicted molar refractivity (Wildman–Crippen MR) is 61.2 cm³/mol. The van der Waals surface area contributed by atoms with Gasteiger partial charge in [0.1, 0.15) is 12.6 Å². The predicted octanol–water partition coefficient (Wildman–Crippen LogP) is 0.562. The van der Waals surface area contributed by atoms with Crippen LogP contribution in [-0.2, 0) is 9.84 Å². The highest BCUT2D eigenvalue weighted by Gasteiger charge is 2.31. The van der Waals surface area contributed by atoms with E-state index >= 15 is 0 Å². The van der Waals surface area contributed by atoms with Crippen molar-refractivity contribution in [2.24, 2.45) is 0 Å². The summed E-state index contributed by atoms with van der Waals surface area (Å²) in [5, 5.41) is 24.5. The molecule has 1 N–H and O–H groups in total. The molecule has 1 atom stereocenters. The summed E-state index contributed by atoms with van der Waals surface area (Å²) in [6.45, 7) is 0. The first kappa shape index (κ1) is 12.0. The van der Waals surface area contributed by atoms with Crippen molar-refractivity contribution < 1.29 is 13.6 Å². The van der Waals surface area contributed by atoms with Crippen LogP contribution in [0.2, 0.25) is 0 Å². The molecule has 0 saturated carbocycles. The van der Waals surface area contributed by atoms with Crippen LogP contribution in [0.5, 0.6) is 0 Å². The molecule has 2 heterocycles. The number of pyridine rings is 1. The molecule has 2 aromatic rings. The zero-order chi connectivity index (χ0) is 12.8. The van der Waals surface area contributed by atoms with Gasteiger partial charge < -0.3 is 5.21 Å². The van der Waals surface area contributed by atoms with Crippen LogP contribution in [0.4, 0.5) is 5.69 Å². The highest BCUT2D eigenvalue weighted by atomic mass is 32.2. The van der Waals surface area contributed by atoms with Gasteiger partial charge in [0, 0.05) is 12.5 Å². The van der Waals surface area contributed by atoms with Gasteiger partial charge in [0.25, 0.3) is 0 Å². The van der Waals surface area contributed by atoms with Gasteiger partial charge in [-0.1, -0.05) is 6.07 Å². The third-order valence-corrected chi connectivity index (χ3v) is 3.23. The van der Waals surface area contributed by atoms with Crippen molar-refractivity contribution in [2.45, 2.75) is 5.03 Å². The number of fused-ring (bicyclic) bond motifs is 1. The van der Waals surface area contributed by atoms with Crippen molar-refractivity contribution >= 4 is 21.0 Å². The van der Waals surface area contributed by atoms with E-state index in [0.717, 1.165) is 13.3 Å². The second-order valence-corrected chi connectivity index (χ2v) is 5.77. The molecule has 0 aliphatic heterocycles. The van der Waals surface area contributed by atoms with E-state index in [2.05, 4.69) is 5.10 Å². The zero-order valence-electron chi connectivity index (χ0n) is 9.23. The largest absolute Gasteiger partial charge is 0.593 e. The van der Waals surface area contributed by atoms with Crippen LogP contribution in [0.1, 0.15) is 0 Å². The lowest BCUT2D eigenvalue weighted by Gasteiger charge is -2.27. The average Bonchev–Trinajstić information content (AvgIpc) is 2.54. The molecule has 0 aliphatic rings. The number of hydrogen-bond acceptors (Lipinski definition) is 5. The van der Waals surface area contributed by atoms with Gasteiger partial charge in [0.05, 0.1) is 0 Å². The Kier molecular flexibility index (Phi) is 2.47. The quantitative estimate of drug-likeness (QED) is 0.626. The minimum Gasteiger partial charge on any atom is -0.593 e. The number of quaternary nitrogens is 1. The SMILES string of the molecule is C[N+]([O-])(O)c1c(S(C)(=O)=O)nn2ccccc12. The molecule has 0 radical (unpaired) electrons. The molecule has 8 heteroatoms. The topological polar surface area (TPSA) is 94.7 Å². The molecule has 2 rings (SSSR count). The fourth-order valence-corrected chi connectivity index (χ4v) is 2.47. The van der Waals surface area contributed by atoms with E-state index in [-0.39, 0.29) is 11.2 Å². The first-order chi connectivity index (χ1) is 7.71. The molecule has 0 fully saturated rings. The third kappa shape index (κ3) is 2.03. The summed E-state index contributed by atoms with van der Waals surface area (Å²) in [6.07, 6.45) is 2.44. The molecular formula is C9H11N3O4S. The Hall–Kier alpha value is -1.48. The summed E-state index contributed by atoms with van der Waals surface area (Å²) in [5.74, 6) is 0. The maximum atomic E-state index is 11.6. The zero-order valence-corrected chi connectivity index (χ0v) is 10.0. The second kappa shape index (κ2) is 3.50. The highest BCUT2D eigenvalue weighted by Crippen LogP contribution is 2.31. The van der Waals surface area contributed by atoms with Gasteiger partial charge >= 0.3 is 0 Å². The van der Waals surface area contributed by atoms with E-state index in [4.69, 9.17) is 0 Å². The Morgan fingerprint density at radius 1 is 1.47 bits per heavy atom. The standard InChI is InChI=1S/C9H11N3O4S/c1-12(13,14)8-7-5-3-4-6-11(7)10-9(8)17(2,15)16/h3-6,13H,1-2H3. The van der Waals surface area contributed by atoms with Gasteiger partial charge in [-0.3, -0.25) is 0 Å². The van der Waals surface area contributed by atoms with Crippen LogP contribution in [0, 0.1) is 5.21 Å².